The highest BCUT2D eigenvalue weighted by molar-refractivity contribution is 7.80. The predicted molar refractivity (Wildman–Crippen MR) is 115 cm³/mol. The van der Waals surface area contributed by atoms with Gasteiger partial charge in [-0.15, -0.1) is 0 Å². The zero-order chi connectivity index (χ0) is 20.5. The van der Waals surface area contributed by atoms with Crippen molar-refractivity contribution < 1.29 is 14.3 Å². The number of aromatic nitrogens is 1. The number of hydrogen-bond donors (Lipinski definition) is 3. The lowest BCUT2D eigenvalue weighted by molar-refractivity contribution is 0.168. The van der Waals surface area contributed by atoms with Crippen LogP contribution in [0.1, 0.15) is 30.7 Å². The Bertz CT molecular complexity index is 849. The van der Waals surface area contributed by atoms with Gasteiger partial charge in [0.1, 0.15) is 10.8 Å². The molecule has 1 amide bonds. The highest BCUT2D eigenvalue weighted by Gasteiger charge is 2.16. The molecule has 0 bridgehead atoms. The number of hydrazone groups is 1. The number of benzene rings is 1. The Kier molecular flexibility index (Phi) is 8.15. The monoisotopic (exact) mass is 421 g/mol. The number of anilines is 1. The van der Waals surface area contributed by atoms with Crippen LogP contribution >= 0.6 is 23.8 Å². The zero-order valence-corrected chi connectivity index (χ0v) is 17.8. The minimum absolute atomic E-state index is 0.293. The lowest BCUT2D eigenvalue weighted by Gasteiger charge is -2.09. The number of amides is 1. The van der Waals surface area contributed by atoms with Crippen molar-refractivity contribution in [2.24, 2.45) is 5.10 Å². The van der Waals surface area contributed by atoms with Crippen LogP contribution < -0.4 is 20.8 Å². The van der Waals surface area contributed by atoms with E-state index >= 15 is 0 Å². The molecular weight excluding hydrogens is 398 g/mol. The Morgan fingerprint density at radius 3 is 2.68 bits per heavy atom. The molecule has 10 heteroatoms. The molecule has 0 aliphatic carbocycles. The molecule has 0 spiro atoms. The van der Waals surface area contributed by atoms with Crippen LogP contribution in [-0.4, -0.2) is 35.0 Å². The van der Waals surface area contributed by atoms with E-state index in [1.165, 1.54) is 11.5 Å². The number of methoxy groups -OCH3 is 1. The molecule has 1 aromatic carbocycles. The summed E-state index contributed by atoms with van der Waals surface area (Å²) in [6.07, 6.45) is -0.523. The van der Waals surface area contributed by atoms with Crippen LogP contribution in [0.4, 0.5) is 9.80 Å². The van der Waals surface area contributed by atoms with Crippen molar-refractivity contribution in [3.8, 4) is 5.75 Å². The fraction of sp³-hybridized carbons (Fsp3) is 0.333. The van der Waals surface area contributed by atoms with Gasteiger partial charge in [-0.05, 0) is 62.2 Å². The van der Waals surface area contributed by atoms with Crippen molar-refractivity contribution in [2.45, 2.75) is 27.3 Å². The molecule has 2 rings (SSSR count). The molecule has 8 nitrogen and oxygen atoms in total. The number of rotatable bonds is 7. The molecular formula is C18H23N5O3S2. The summed E-state index contributed by atoms with van der Waals surface area (Å²) in [5.41, 5.74) is 6.02. The third kappa shape index (κ3) is 6.17. The Morgan fingerprint density at radius 1 is 1.32 bits per heavy atom. The van der Waals surface area contributed by atoms with Gasteiger partial charge in [0.15, 0.2) is 5.11 Å². The standard InChI is InChI=1S/C18H23N5O3S2/c1-5-26-18(24)20-16-15(12(3)23-28-16)11(2)21-22-17(27)19-10-13-6-8-14(25-4)9-7-13/h6-9H,5,10H2,1-4H3,(H,20,24)(H2,19,22,27)/b21-11+. The quantitative estimate of drug-likeness (QED) is 0.358. The molecule has 3 N–H and O–H groups in total. The van der Waals surface area contributed by atoms with E-state index in [1.807, 2.05) is 38.1 Å². The van der Waals surface area contributed by atoms with Crippen molar-refractivity contribution in [3.05, 3.63) is 41.1 Å². The lowest BCUT2D eigenvalue weighted by Crippen LogP contribution is -2.32. The first kappa shape index (κ1) is 21.6. The fourth-order valence-corrected chi connectivity index (χ4v) is 3.25. The summed E-state index contributed by atoms with van der Waals surface area (Å²) in [4.78, 5) is 11.7. The predicted octanol–water partition coefficient (Wildman–Crippen LogP) is 3.42. The molecule has 0 unspecified atom stereocenters. The van der Waals surface area contributed by atoms with Crippen LogP contribution in [-0.2, 0) is 11.3 Å². The van der Waals surface area contributed by atoms with E-state index in [0.717, 1.165) is 22.6 Å². The Morgan fingerprint density at radius 2 is 2.04 bits per heavy atom. The molecule has 0 aliphatic rings. The van der Waals surface area contributed by atoms with Gasteiger partial charge in [-0.1, -0.05) is 12.1 Å². The first-order valence-electron chi connectivity index (χ1n) is 8.56. The van der Waals surface area contributed by atoms with Gasteiger partial charge in [0, 0.05) is 6.54 Å². The summed E-state index contributed by atoms with van der Waals surface area (Å²) in [5, 5.41) is 11.0. The molecule has 0 radical (unpaired) electrons. The smallest absolute Gasteiger partial charge is 0.412 e. The van der Waals surface area contributed by atoms with E-state index in [1.54, 1.807) is 14.0 Å². The lowest BCUT2D eigenvalue weighted by atomic mass is 10.2. The first-order chi connectivity index (χ1) is 13.4. The number of nitrogens with one attached hydrogen (secondary N) is 3. The van der Waals surface area contributed by atoms with Crippen LogP contribution in [0, 0.1) is 6.92 Å². The fourth-order valence-electron chi connectivity index (χ4n) is 2.30. The third-order valence-electron chi connectivity index (χ3n) is 3.65. The normalized spacial score (nSPS) is 10.9. The maximum Gasteiger partial charge on any atom is 0.412 e. The van der Waals surface area contributed by atoms with Gasteiger partial charge in [-0.3, -0.25) is 10.7 Å². The molecule has 28 heavy (non-hydrogen) atoms. The van der Waals surface area contributed by atoms with E-state index in [2.05, 4.69) is 25.5 Å². The first-order valence-corrected chi connectivity index (χ1v) is 9.74. The topological polar surface area (TPSA) is 96.9 Å². The van der Waals surface area contributed by atoms with E-state index in [4.69, 9.17) is 21.7 Å². The number of hydrogen-bond acceptors (Lipinski definition) is 7. The Hall–Kier alpha value is -2.72. The molecule has 0 atom stereocenters. The number of ether oxygens (including phenoxy) is 2. The largest absolute Gasteiger partial charge is 0.497 e. The van der Waals surface area contributed by atoms with Crippen LogP contribution in [0.3, 0.4) is 0 Å². The summed E-state index contributed by atoms with van der Waals surface area (Å²) < 4.78 is 14.3. The maximum absolute atomic E-state index is 11.7. The molecule has 0 aliphatic heterocycles. The van der Waals surface area contributed by atoms with Crippen molar-refractivity contribution >= 4 is 45.7 Å². The minimum atomic E-state index is -0.523. The van der Waals surface area contributed by atoms with Gasteiger partial charge in [-0.2, -0.15) is 9.47 Å². The van der Waals surface area contributed by atoms with Gasteiger partial charge in [-0.25, -0.2) is 4.79 Å². The highest BCUT2D eigenvalue weighted by Crippen LogP contribution is 2.25. The summed E-state index contributed by atoms with van der Waals surface area (Å²) in [7, 11) is 1.63. The average molecular weight is 422 g/mol. The molecule has 0 saturated heterocycles. The van der Waals surface area contributed by atoms with Crippen molar-refractivity contribution in [3.63, 3.8) is 0 Å². The van der Waals surface area contributed by atoms with E-state index in [-0.39, 0.29) is 0 Å². The van der Waals surface area contributed by atoms with Gasteiger partial charge in [0.25, 0.3) is 0 Å². The number of carbonyl (C=O) groups excluding carboxylic acids is 1. The Labute approximate surface area is 173 Å². The number of nitrogens with zero attached hydrogens (tertiary/aromatic N) is 2. The second-order valence-corrected chi connectivity index (χ2v) is 6.84. The third-order valence-corrected chi connectivity index (χ3v) is 4.74. The summed E-state index contributed by atoms with van der Waals surface area (Å²) in [5.74, 6) is 0.802. The van der Waals surface area contributed by atoms with Crippen LogP contribution in [0.2, 0.25) is 0 Å². The van der Waals surface area contributed by atoms with Crippen LogP contribution in [0.15, 0.2) is 29.4 Å². The second kappa shape index (κ2) is 10.6. The molecule has 1 aromatic heterocycles. The van der Waals surface area contributed by atoms with Crippen LogP contribution in [0.5, 0.6) is 5.75 Å². The van der Waals surface area contributed by atoms with E-state index in [0.29, 0.717) is 29.0 Å². The highest BCUT2D eigenvalue weighted by atomic mass is 32.1. The molecule has 0 fully saturated rings. The van der Waals surface area contributed by atoms with E-state index < -0.39 is 6.09 Å². The number of thiocarbonyl (C=S) groups is 1. The van der Waals surface area contributed by atoms with Gasteiger partial charge in [0.2, 0.25) is 0 Å². The number of aryl methyl sites for hydroxylation is 1. The molecule has 0 saturated carbocycles. The summed E-state index contributed by atoms with van der Waals surface area (Å²) in [6, 6.07) is 7.69. The number of carbonyl (C=O) groups is 1. The second-order valence-electron chi connectivity index (χ2n) is 5.66. The molecule has 1 heterocycles. The van der Waals surface area contributed by atoms with Crippen molar-refractivity contribution in [2.75, 3.05) is 19.0 Å². The van der Waals surface area contributed by atoms with Gasteiger partial charge < -0.3 is 14.8 Å². The van der Waals surface area contributed by atoms with Crippen LogP contribution in [0.25, 0.3) is 0 Å². The summed E-state index contributed by atoms with van der Waals surface area (Å²) in [6.45, 7) is 6.25. The van der Waals surface area contributed by atoms with E-state index in [9.17, 15) is 4.79 Å². The van der Waals surface area contributed by atoms with Gasteiger partial charge in [0.05, 0.1) is 30.7 Å². The zero-order valence-electron chi connectivity index (χ0n) is 16.2. The van der Waals surface area contributed by atoms with Crippen molar-refractivity contribution in [1.82, 2.24) is 15.1 Å². The maximum atomic E-state index is 11.7. The van der Waals surface area contributed by atoms with Gasteiger partial charge >= 0.3 is 6.09 Å². The summed E-state index contributed by atoms with van der Waals surface area (Å²) >= 11 is 6.44. The molecule has 150 valence electrons. The average Bonchev–Trinajstić information content (AvgIpc) is 3.05. The van der Waals surface area contributed by atoms with Crippen molar-refractivity contribution in [1.29, 1.82) is 0 Å². The SMILES string of the molecule is CCOC(=O)Nc1snc(C)c1/C(C)=N/NC(=S)NCc1ccc(OC)cc1. The minimum Gasteiger partial charge on any atom is -0.497 e. The Balaban J connectivity index is 1.94. The molecule has 2 aromatic rings.